The minimum Gasteiger partial charge on any atom is -0.374 e. The lowest BCUT2D eigenvalue weighted by atomic mass is 10.1. The van der Waals surface area contributed by atoms with Crippen molar-refractivity contribution in [1.82, 2.24) is 0 Å². The maximum absolute atomic E-state index is 12.9. The van der Waals surface area contributed by atoms with Crippen molar-refractivity contribution < 1.29 is 9.13 Å². The summed E-state index contributed by atoms with van der Waals surface area (Å²) < 4.78 is 19.5. The Hall–Kier alpha value is -0.410. The summed E-state index contributed by atoms with van der Waals surface area (Å²) >= 11 is 3.35. The average molecular weight is 317 g/mol. The van der Waals surface area contributed by atoms with Gasteiger partial charge in [-0.05, 0) is 31.0 Å². The molecule has 0 saturated heterocycles. The van der Waals surface area contributed by atoms with Crippen LogP contribution in [-0.4, -0.2) is 6.10 Å². The van der Waals surface area contributed by atoms with Gasteiger partial charge in [0.25, 0.3) is 0 Å². The van der Waals surface area contributed by atoms with Gasteiger partial charge in [-0.25, -0.2) is 4.39 Å². The fraction of sp³-hybridized carbons (Fsp3) is 0.600. The van der Waals surface area contributed by atoms with Crippen LogP contribution < -0.4 is 0 Å². The molecule has 0 saturated carbocycles. The summed E-state index contributed by atoms with van der Waals surface area (Å²) in [6, 6.07) is 4.71. The number of unbranched alkanes of at least 4 members (excludes halogenated alkanes) is 3. The molecule has 1 nitrogen and oxygen atoms in total. The minimum atomic E-state index is -0.224. The van der Waals surface area contributed by atoms with Gasteiger partial charge in [-0.1, -0.05) is 54.6 Å². The molecule has 0 aromatic heterocycles. The second-order valence-corrected chi connectivity index (χ2v) is 5.56. The molecule has 1 unspecified atom stereocenters. The van der Waals surface area contributed by atoms with Gasteiger partial charge in [0.1, 0.15) is 5.82 Å². The van der Waals surface area contributed by atoms with Gasteiger partial charge in [-0.15, -0.1) is 0 Å². The molecular formula is C15H22BrFO. The maximum atomic E-state index is 12.9. The number of halogens is 2. The molecule has 3 heteroatoms. The standard InChI is InChI=1S/C15H22BrFO/c1-3-4-5-6-7-12(2)18-11-13-8-9-14(17)10-15(13)16/h8-10,12H,3-7,11H2,1-2H3. The highest BCUT2D eigenvalue weighted by molar-refractivity contribution is 9.10. The van der Waals surface area contributed by atoms with Crippen LogP contribution in [0, 0.1) is 5.82 Å². The first-order valence-corrected chi connectivity index (χ1v) is 7.48. The third kappa shape index (κ3) is 5.96. The monoisotopic (exact) mass is 316 g/mol. The third-order valence-corrected chi connectivity index (χ3v) is 3.74. The fourth-order valence-electron chi connectivity index (χ4n) is 1.81. The van der Waals surface area contributed by atoms with E-state index in [1.165, 1.54) is 37.8 Å². The van der Waals surface area contributed by atoms with Gasteiger partial charge < -0.3 is 4.74 Å². The van der Waals surface area contributed by atoms with E-state index >= 15 is 0 Å². The normalized spacial score (nSPS) is 12.7. The van der Waals surface area contributed by atoms with Gasteiger partial charge >= 0.3 is 0 Å². The molecule has 0 radical (unpaired) electrons. The number of hydrogen-bond acceptors (Lipinski definition) is 1. The van der Waals surface area contributed by atoms with Gasteiger partial charge in [0, 0.05) is 4.47 Å². The molecular weight excluding hydrogens is 295 g/mol. The Labute approximate surface area is 118 Å². The van der Waals surface area contributed by atoms with E-state index < -0.39 is 0 Å². The van der Waals surface area contributed by atoms with Crippen molar-refractivity contribution in [3.05, 3.63) is 34.1 Å². The van der Waals surface area contributed by atoms with Gasteiger partial charge in [-0.3, -0.25) is 0 Å². The van der Waals surface area contributed by atoms with Crippen LogP contribution in [0.5, 0.6) is 0 Å². The van der Waals surface area contributed by atoms with Crippen LogP contribution in [0.2, 0.25) is 0 Å². The minimum absolute atomic E-state index is 0.224. The van der Waals surface area contributed by atoms with E-state index in [0.717, 1.165) is 16.5 Å². The van der Waals surface area contributed by atoms with Crippen molar-refractivity contribution in [2.24, 2.45) is 0 Å². The molecule has 1 rings (SSSR count). The van der Waals surface area contributed by atoms with Crippen molar-refractivity contribution in [3.63, 3.8) is 0 Å². The molecule has 0 spiro atoms. The van der Waals surface area contributed by atoms with Crippen LogP contribution in [0.4, 0.5) is 4.39 Å². The summed E-state index contributed by atoms with van der Waals surface area (Å²) in [6.07, 6.45) is 6.43. The van der Waals surface area contributed by atoms with Crippen molar-refractivity contribution in [2.45, 2.75) is 58.7 Å². The topological polar surface area (TPSA) is 9.23 Å². The Morgan fingerprint density at radius 3 is 2.72 bits per heavy atom. The predicted octanol–water partition coefficient (Wildman–Crippen LogP) is 5.46. The molecule has 0 heterocycles. The Bertz CT molecular complexity index is 354. The molecule has 1 atom stereocenters. The first-order chi connectivity index (χ1) is 8.63. The Morgan fingerprint density at radius 1 is 1.28 bits per heavy atom. The summed E-state index contributed by atoms with van der Waals surface area (Å²) in [4.78, 5) is 0. The summed E-state index contributed by atoms with van der Waals surface area (Å²) in [7, 11) is 0. The molecule has 0 amide bonds. The quantitative estimate of drug-likeness (QED) is 0.578. The zero-order valence-corrected chi connectivity index (χ0v) is 12.8. The smallest absolute Gasteiger partial charge is 0.124 e. The molecule has 0 N–H and O–H groups in total. The van der Waals surface area contributed by atoms with Crippen molar-refractivity contribution >= 4 is 15.9 Å². The van der Waals surface area contributed by atoms with Crippen LogP contribution in [0.15, 0.2) is 22.7 Å². The first-order valence-electron chi connectivity index (χ1n) is 6.69. The molecule has 1 aromatic carbocycles. The van der Waals surface area contributed by atoms with Gasteiger partial charge in [0.05, 0.1) is 12.7 Å². The number of rotatable bonds is 8. The summed E-state index contributed by atoms with van der Waals surface area (Å²) in [6.45, 7) is 4.85. The lowest BCUT2D eigenvalue weighted by Crippen LogP contribution is -2.08. The average Bonchev–Trinajstić information content (AvgIpc) is 2.33. The Kier molecular flexibility index (Phi) is 7.52. The van der Waals surface area contributed by atoms with Crippen LogP contribution in [0.25, 0.3) is 0 Å². The van der Waals surface area contributed by atoms with Crippen molar-refractivity contribution in [2.75, 3.05) is 0 Å². The molecule has 0 fully saturated rings. The number of hydrogen-bond donors (Lipinski definition) is 0. The molecule has 0 aliphatic carbocycles. The maximum Gasteiger partial charge on any atom is 0.124 e. The van der Waals surface area contributed by atoms with Gasteiger partial charge in [0.2, 0.25) is 0 Å². The summed E-state index contributed by atoms with van der Waals surface area (Å²) in [5.41, 5.74) is 0.997. The highest BCUT2D eigenvalue weighted by atomic mass is 79.9. The summed E-state index contributed by atoms with van der Waals surface area (Å²) in [5, 5.41) is 0. The molecule has 0 bridgehead atoms. The van der Waals surface area contributed by atoms with E-state index in [2.05, 4.69) is 29.8 Å². The van der Waals surface area contributed by atoms with E-state index in [1.54, 1.807) is 6.07 Å². The first kappa shape index (κ1) is 15.6. The fourth-order valence-corrected chi connectivity index (χ4v) is 2.28. The summed E-state index contributed by atoms with van der Waals surface area (Å²) in [5.74, 6) is -0.224. The molecule has 0 aliphatic heterocycles. The van der Waals surface area contributed by atoms with Crippen molar-refractivity contribution in [1.29, 1.82) is 0 Å². The van der Waals surface area contributed by atoms with Crippen LogP contribution >= 0.6 is 15.9 Å². The highest BCUT2D eigenvalue weighted by Gasteiger charge is 2.05. The van der Waals surface area contributed by atoms with E-state index in [1.807, 2.05) is 0 Å². The molecule has 0 aliphatic rings. The predicted molar refractivity (Wildman–Crippen MR) is 77.1 cm³/mol. The van der Waals surface area contributed by atoms with Gasteiger partial charge in [0.15, 0.2) is 0 Å². The van der Waals surface area contributed by atoms with Crippen molar-refractivity contribution in [3.8, 4) is 0 Å². The number of ether oxygens (including phenoxy) is 1. The molecule has 1 aromatic rings. The Balaban J connectivity index is 2.27. The Morgan fingerprint density at radius 2 is 2.06 bits per heavy atom. The van der Waals surface area contributed by atoms with Crippen LogP contribution in [0.3, 0.4) is 0 Å². The number of benzene rings is 1. The van der Waals surface area contributed by atoms with Crippen LogP contribution in [0.1, 0.15) is 51.5 Å². The van der Waals surface area contributed by atoms with Gasteiger partial charge in [-0.2, -0.15) is 0 Å². The highest BCUT2D eigenvalue weighted by Crippen LogP contribution is 2.20. The third-order valence-electron chi connectivity index (χ3n) is 3.00. The second-order valence-electron chi connectivity index (χ2n) is 4.71. The lowest BCUT2D eigenvalue weighted by Gasteiger charge is -2.13. The largest absolute Gasteiger partial charge is 0.374 e. The molecule has 102 valence electrons. The lowest BCUT2D eigenvalue weighted by molar-refractivity contribution is 0.0455. The van der Waals surface area contributed by atoms with E-state index in [9.17, 15) is 4.39 Å². The van der Waals surface area contributed by atoms with E-state index in [0.29, 0.717) is 6.61 Å². The zero-order chi connectivity index (χ0) is 13.4. The van der Waals surface area contributed by atoms with E-state index in [-0.39, 0.29) is 11.9 Å². The van der Waals surface area contributed by atoms with Crippen LogP contribution in [-0.2, 0) is 11.3 Å². The molecule has 18 heavy (non-hydrogen) atoms. The SMILES string of the molecule is CCCCCCC(C)OCc1ccc(F)cc1Br. The zero-order valence-electron chi connectivity index (χ0n) is 11.2. The second kappa shape index (κ2) is 8.65. The van der Waals surface area contributed by atoms with E-state index in [4.69, 9.17) is 4.74 Å².